The van der Waals surface area contributed by atoms with Crippen LogP contribution in [0.4, 0.5) is 5.82 Å². The van der Waals surface area contributed by atoms with Gasteiger partial charge in [-0.25, -0.2) is 0 Å². The van der Waals surface area contributed by atoms with Crippen molar-refractivity contribution in [1.82, 2.24) is 10.2 Å². The van der Waals surface area contributed by atoms with Crippen LogP contribution >= 0.6 is 15.9 Å². The molecule has 0 aromatic carbocycles. The average molecular weight is 312 g/mol. The van der Waals surface area contributed by atoms with Crippen molar-refractivity contribution in [2.45, 2.75) is 44.9 Å². The van der Waals surface area contributed by atoms with Gasteiger partial charge < -0.3 is 5.32 Å². The molecule has 1 heterocycles. The first-order valence-corrected chi connectivity index (χ1v) is 7.52. The number of nitrogens with one attached hydrogen (secondary N) is 2. The Morgan fingerprint density at radius 2 is 2.11 bits per heavy atom. The van der Waals surface area contributed by atoms with Gasteiger partial charge in [0.15, 0.2) is 0 Å². The summed E-state index contributed by atoms with van der Waals surface area (Å²) >= 11 is 3.37. The number of H-pyrrole nitrogens is 1. The Kier molecular flexibility index (Phi) is 3.18. The predicted octanol–water partition coefficient (Wildman–Crippen LogP) is 3.47. The van der Waals surface area contributed by atoms with Gasteiger partial charge in [-0.15, -0.1) is 0 Å². The lowest BCUT2D eigenvalue weighted by molar-refractivity contribution is -0.123. The molecule has 0 saturated heterocycles. The van der Waals surface area contributed by atoms with Crippen LogP contribution in [0.3, 0.4) is 0 Å². The van der Waals surface area contributed by atoms with Crippen LogP contribution in [0.5, 0.6) is 0 Å². The molecule has 0 atom stereocenters. The van der Waals surface area contributed by atoms with E-state index >= 15 is 0 Å². The summed E-state index contributed by atoms with van der Waals surface area (Å²) in [5, 5.41) is 9.70. The predicted molar refractivity (Wildman–Crippen MR) is 73.2 cm³/mol. The molecule has 0 unspecified atom stereocenters. The maximum absolute atomic E-state index is 12.5. The number of aromatic amines is 1. The highest BCUT2D eigenvalue weighted by molar-refractivity contribution is 9.10. The Labute approximate surface area is 115 Å². The van der Waals surface area contributed by atoms with E-state index in [4.69, 9.17) is 0 Å². The van der Waals surface area contributed by atoms with Crippen molar-refractivity contribution in [2.24, 2.45) is 11.3 Å². The van der Waals surface area contributed by atoms with Gasteiger partial charge in [-0.1, -0.05) is 19.3 Å². The maximum atomic E-state index is 12.5. The second-order valence-electron chi connectivity index (χ2n) is 5.54. The van der Waals surface area contributed by atoms with Crippen molar-refractivity contribution in [1.29, 1.82) is 0 Å². The van der Waals surface area contributed by atoms with Gasteiger partial charge in [0.05, 0.1) is 16.1 Å². The Morgan fingerprint density at radius 3 is 2.67 bits per heavy atom. The summed E-state index contributed by atoms with van der Waals surface area (Å²) < 4.78 is 0.815. The third-order valence-electron chi connectivity index (χ3n) is 4.46. The van der Waals surface area contributed by atoms with E-state index in [0.29, 0.717) is 11.7 Å². The third kappa shape index (κ3) is 2.09. The lowest BCUT2D eigenvalue weighted by Gasteiger charge is -2.29. The van der Waals surface area contributed by atoms with E-state index in [9.17, 15) is 4.79 Å². The smallest absolute Gasteiger partial charge is 0.232 e. The fourth-order valence-corrected chi connectivity index (χ4v) is 3.50. The van der Waals surface area contributed by atoms with E-state index in [0.717, 1.165) is 17.3 Å². The highest BCUT2D eigenvalue weighted by Crippen LogP contribution is 2.57. The van der Waals surface area contributed by atoms with E-state index < -0.39 is 0 Å². The Morgan fingerprint density at radius 1 is 1.39 bits per heavy atom. The lowest BCUT2D eigenvalue weighted by atomic mass is 9.77. The Hall–Kier alpha value is -0.840. The summed E-state index contributed by atoms with van der Waals surface area (Å²) in [6.45, 7) is 0. The number of rotatable bonds is 3. The number of halogens is 1. The Bertz CT molecular complexity index is 447. The third-order valence-corrected chi connectivity index (χ3v) is 5.06. The molecule has 2 fully saturated rings. The summed E-state index contributed by atoms with van der Waals surface area (Å²) in [5.41, 5.74) is -0.0784. The molecule has 0 radical (unpaired) electrons. The van der Waals surface area contributed by atoms with E-state index in [1.165, 1.54) is 32.1 Å². The minimum Gasteiger partial charge on any atom is -0.310 e. The maximum Gasteiger partial charge on any atom is 0.232 e. The molecule has 1 aromatic rings. The SMILES string of the molecule is O=C(Nc1[nH]ncc1Br)C1(C2CCCCC2)CC1. The highest BCUT2D eigenvalue weighted by Gasteiger charge is 2.55. The molecule has 1 aromatic heterocycles. The van der Waals surface area contributed by atoms with Gasteiger partial charge >= 0.3 is 0 Å². The monoisotopic (exact) mass is 311 g/mol. The standard InChI is InChI=1S/C13H18BrN3O/c14-10-8-15-17-11(10)16-12(18)13(6-7-13)9-4-2-1-3-5-9/h8-9H,1-7H2,(H2,15,16,17,18). The summed E-state index contributed by atoms with van der Waals surface area (Å²) in [7, 11) is 0. The molecule has 98 valence electrons. The zero-order valence-electron chi connectivity index (χ0n) is 10.3. The zero-order chi connectivity index (χ0) is 12.6. The summed E-state index contributed by atoms with van der Waals surface area (Å²) in [6.07, 6.45) is 10.1. The second kappa shape index (κ2) is 4.68. The van der Waals surface area contributed by atoms with E-state index in [1.54, 1.807) is 6.20 Å². The first-order valence-electron chi connectivity index (χ1n) is 6.73. The van der Waals surface area contributed by atoms with Crippen molar-refractivity contribution >= 4 is 27.7 Å². The van der Waals surface area contributed by atoms with Gasteiger partial charge in [-0.3, -0.25) is 9.89 Å². The molecular formula is C13H18BrN3O. The summed E-state index contributed by atoms with van der Waals surface area (Å²) in [4.78, 5) is 12.5. The van der Waals surface area contributed by atoms with Gasteiger partial charge in [-0.2, -0.15) is 5.10 Å². The van der Waals surface area contributed by atoms with Crippen molar-refractivity contribution in [2.75, 3.05) is 5.32 Å². The number of aromatic nitrogens is 2. The zero-order valence-corrected chi connectivity index (χ0v) is 11.9. The number of carbonyl (C=O) groups is 1. The van der Waals surface area contributed by atoms with Crippen LogP contribution < -0.4 is 5.32 Å². The number of carbonyl (C=O) groups excluding carboxylic acids is 1. The van der Waals surface area contributed by atoms with Gasteiger partial charge in [0.2, 0.25) is 5.91 Å². The van der Waals surface area contributed by atoms with Crippen molar-refractivity contribution in [3.63, 3.8) is 0 Å². The van der Waals surface area contributed by atoms with Crippen LogP contribution in [-0.2, 0) is 4.79 Å². The molecule has 0 spiro atoms. The lowest BCUT2D eigenvalue weighted by Crippen LogP contribution is -2.32. The number of amides is 1. The topological polar surface area (TPSA) is 57.8 Å². The van der Waals surface area contributed by atoms with Crippen LogP contribution in [-0.4, -0.2) is 16.1 Å². The van der Waals surface area contributed by atoms with E-state index in [2.05, 4.69) is 31.4 Å². The van der Waals surface area contributed by atoms with Crippen LogP contribution in [0.15, 0.2) is 10.7 Å². The molecule has 0 aliphatic heterocycles. The first kappa shape index (κ1) is 12.2. The Balaban J connectivity index is 1.70. The average Bonchev–Trinajstić information content (AvgIpc) is 3.12. The normalized spacial score (nSPS) is 22.7. The van der Waals surface area contributed by atoms with E-state index in [1.807, 2.05) is 0 Å². The molecule has 2 N–H and O–H groups in total. The van der Waals surface area contributed by atoms with Crippen molar-refractivity contribution in [3.05, 3.63) is 10.7 Å². The molecular weight excluding hydrogens is 294 g/mol. The molecule has 2 saturated carbocycles. The fraction of sp³-hybridized carbons (Fsp3) is 0.692. The number of hydrogen-bond acceptors (Lipinski definition) is 2. The molecule has 5 heteroatoms. The first-order chi connectivity index (χ1) is 8.72. The quantitative estimate of drug-likeness (QED) is 0.898. The van der Waals surface area contributed by atoms with Gasteiger partial charge in [0.1, 0.15) is 5.82 Å². The van der Waals surface area contributed by atoms with Crippen LogP contribution in [0.1, 0.15) is 44.9 Å². The summed E-state index contributed by atoms with van der Waals surface area (Å²) in [6, 6.07) is 0. The minimum atomic E-state index is -0.0784. The largest absolute Gasteiger partial charge is 0.310 e. The highest BCUT2D eigenvalue weighted by atomic mass is 79.9. The minimum absolute atomic E-state index is 0.0784. The van der Waals surface area contributed by atoms with Gasteiger partial charge in [0, 0.05) is 0 Å². The number of nitrogens with zero attached hydrogens (tertiary/aromatic N) is 1. The molecule has 2 aliphatic rings. The number of anilines is 1. The molecule has 18 heavy (non-hydrogen) atoms. The van der Waals surface area contributed by atoms with Gasteiger partial charge in [0.25, 0.3) is 0 Å². The van der Waals surface area contributed by atoms with Crippen molar-refractivity contribution in [3.8, 4) is 0 Å². The molecule has 4 nitrogen and oxygen atoms in total. The van der Waals surface area contributed by atoms with Crippen LogP contribution in [0, 0.1) is 11.3 Å². The molecule has 0 bridgehead atoms. The van der Waals surface area contributed by atoms with Crippen LogP contribution in [0.2, 0.25) is 0 Å². The van der Waals surface area contributed by atoms with Crippen LogP contribution in [0.25, 0.3) is 0 Å². The molecule has 2 aliphatic carbocycles. The van der Waals surface area contributed by atoms with Gasteiger partial charge in [-0.05, 0) is 47.5 Å². The fourth-order valence-electron chi connectivity index (χ4n) is 3.21. The molecule has 3 rings (SSSR count). The van der Waals surface area contributed by atoms with E-state index in [-0.39, 0.29) is 11.3 Å². The molecule has 1 amide bonds. The van der Waals surface area contributed by atoms with Crippen molar-refractivity contribution < 1.29 is 4.79 Å². The summed E-state index contributed by atoms with van der Waals surface area (Å²) in [5.74, 6) is 1.45. The number of hydrogen-bond donors (Lipinski definition) is 2. The second-order valence-corrected chi connectivity index (χ2v) is 6.39.